The average molecular weight is 1060 g/mol. The fourth-order valence-electron chi connectivity index (χ4n) is 9.79. The van der Waals surface area contributed by atoms with Crippen molar-refractivity contribution >= 4 is 17.9 Å². The summed E-state index contributed by atoms with van der Waals surface area (Å²) >= 11 is 0. The van der Waals surface area contributed by atoms with Gasteiger partial charge in [0.15, 0.2) is 6.10 Å². The summed E-state index contributed by atoms with van der Waals surface area (Å²) in [6.07, 6.45) is 82.4. The van der Waals surface area contributed by atoms with Crippen LogP contribution in [0.15, 0.2) is 60.8 Å². The predicted octanol–water partition coefficient (Wildman–Crippen LogP) is 22.7. The molecule has 0 radical (unpaired) electrons. The highest BCUT2D eigenvalue weighted by Gasteiger charge is 2.19. The zero-order valence-corrected chi connectivity index (χ0v) is 50.8. The first-order chi connectivity index (χ1) is 37.5. The largest absolute Gasteiger partial charge is 0.462 e. The normalized spacial score (nSPS) is 12.4. The number of allylic oxidation sites excluding steroid dienone is 10. The first-order valence-corrected chi connectivity index (χ1v) is 33.3. The molecule has 0 heterocycles. The van der Waals surface area contributed by atoms with E-state index in [4.69, 9.17) is 14.2 Å². The molecule has 6 heteroatoms. The van der Waals surface area contributed by atoms with Crippen molar-refractivity contribution in [3.05, 3.63) is 60.8 Å². The van der Waals surface area contributed by atoms with Gasteiger partial charge in [-0.2, -0.15) is 0 Å². The van der Waals surface area contributed by atoms with Gasteiger partial charge in [0.2, 0.25) is 0 Å². The first-order valence-electron chi connectivity index (χ1n) is 33.3. The van der Waals surface area contributed by atoms with Crippen LogP contribution in [0, 0.1) is 0 Å². The third-order valence-electron chi connectivity index (χ3n) is 14.8. The van der Waals surface area contributed by atoms with Crippen molar-refractivity contribution in [2.75, 3.05) is 13.2 Å². The zero-order chi connectivity index (χ0) is 55.0. The van der Waals surface area contributed by atoms with Crippen LogP contribution in [0.25, 0.3) is 0 Å². The SMILES string of the molecule is CC/C=C\C/C=C\C/C=C\CCCCCCCCCC(=O)OC(COC(=O)CCCCCCC/C=C\C/C=C\CCCCC)COC(=O)CCCCCCCCCCCCCCCCCCCCCCCCCCCC. The molecule has 0 saturated carbocycles. The topological polar surface area (TPSA) is 78.9 Å². The Kier molecular flexibility index (Phi) is 62.2. The number of carbonyl (C=O) groups excluding carboxylic acids is 3. The standard InChI is InChI=1S/C70H126O6/c1-4-7-10-13-16-19-22-25-28-30-31-32-33-34-35-36-37-38-40-42-45-48-51-54-57-60-63-69(72)75-66-67(65-74-68(71)62-59-56-53-50-47-44-41-27-24-21-18-15-12-9-6-3)76-70(73)64-61-58-55-52-49-46-43-39-29-26-23-20-17-14-11-8-5-2/h8,11,17-18,20-21,26-27,29,41,67H,4-7,9-10,12-16,19,22-25,28,30-40,42-66H2,1-3H3/b11-8-,20-17-,21-18-,29-26-,41-27-. The number of hydrogen-bond donors (Lipinski definition) is 0. The number of esters is 3. The summed E-state index contributed by atoms with van der Waals surface area (Å²) in [5.41, 5.74) is 0. The quantitative estimate of drug-likeness (QED) is 0.0261. The molecule has 0 N–H and O–H groups in total. The summed E-state index contributed by atoms with van der Waals surface area (Å²) in [5, 5.41) is 0. The first kappa shape index (κ1) is 73.1. The van der Waals surface area contributed by atoms with Crippen LogP contribution in [-0.4, -0.2) is 37.2 Å². The van der Waals surface area contributed by atoms with Crippen LogP contribution in [0.2, 0.25) is 0 Å². The van der Waals surface area contributed by atoms with Crippen LogP contribution in [0.5, 0.6) is 0 Å². The summed E-state index contributed by atoms with van der Waals surface area (Å²) in [6.45, 7) is 6.54. The molecule has 1 atom stereocenters. The molecule has 0 saturated heterocycles. The van der Waals surface area contributed by atoms with Crippen molar-refractivity contribution < 1.29 is 28.6 Å². The van der Waals surface area contributed by atoms with Crippen LogP contribution in [-0.2, 0) is 28.6 Å². The lowest BCUT2D eigenvalue weighted by Gasteiger charge is -2.18. The smallest absolute Gasteiger partial charge is 0.306 e. The molecule has 0 bridgehead atoms. The molecule has 0 aromatic heterocycles. The number of carbonyl (C=O) groups is 3. The van der Waals surface area contributed by atoms with Gasteiger partial charge in [-0.05, 0) is 83.5 Å². The average Bonchev–Trinajstić information content (AvgIpc) is 3.42. The molecular weight excluding hydrogens is 937 g/mol. The molecular formula is C70H126O6. The molecule has 0 aliphatic rings. The van der Waals surface area contributed by atoms with E-state index in [1.165, 1.54) is 205 Å². The van der Waals surface area contributed by atoms with Gasteiger partial charge in [-0.1, -0.05) is 306 Å². The van der Waals surface area contributed by atoms with E-state index in [9.17, 15) is 14.4 Å². The zero-order valence-electron chi connectivity index (χ0n) is 50.8. The van der Waals surface area contributed by atoms with Crippen molar-refractivity contribution in [2.45, 2.75) is 354 Å². The van der Waals surface area contributed by atoms with Crippen molar-refractivity contribution in [2.24, 2.45) is 0 Å². The van der Waals surface area contributed by atoms with E-state index in [1.54, 1.807) is 0 Å². The van der Waals surface area contributed by atoms with Crippen molar-refractivity contribution in [3.8, 4) is 0 Å². The summed E-state index contributed by atoms with van der Waals surface area (Å²) in [6, 6.07) is 0. The van der Waals surface area contributed by atoms with Crippen LogP contribution in [0.4, 0.5) is 0 Å². The second-order valence-corrected chi connectivity index (χ2v) is 22.4. The fourth-order valence-corrected chi connectivity index (χ4v) is 9.79. The van der Waals surface area contributed by atoms with Crippen molar-refractivity contribution in [1.82, 2.24) is 0 Å². The molecule has 0 fully saturated rings. The van der Waals surface area contributed by atoms with Crippen LogP contribution >= 0.6 is 0 Å². The molecule has 1 unspecified atom stereocenters. The molecule has 0 rings (SSSR count). The maximum absolute atomic E-state index is 12.9. The molecule has 0 spiro atoms. The Morgan fingerprint density at radius 2 is 0.513 bits per heavy atom. The van der Waals surface area contributed by atoms with Crippen LogP contribution in [0.3, 0.4) is 0 Å². The number of rotatable bonds is 61. The molecule has 0 aromatic carbocycles. The molecule has 0 aromatic rings. The van der Waals surface area contributed by atoms with Gasteiger partial charge in [0, 0.05) is 19.3 Å². The van der Waals surface area contributed by atoms with Crippen molar-refractivity contribution in [1.29, 1.82) is 0 Å². The Morgan fingerprint density at radius 3 is 0.829 bits per heavy atom. The molecule has 6 nitrogen and oxygen atoms in total. The lowest BCUT2D eigenvalue weighted by atomic mass is 10.0. The lowest BCUT2D eigenvalue weighted by Crippen LogP contribution is -2.30. The van der Waals surface area contributed by atoms with E-state index in [0.29, 0.717) is 19.3 Å². The summed E-state index contributed by atoms with van der Waals surface area (Å²) in [5.74, 6) is -0.885. The van der Waals surface area contributed by atoms with Gasteiger partial charge >= 0.3 is 17.9 Å². The minimum absolute atomic E-state index is 0.0798. The number of ether oxygens (including phenoxy) is 3. The predicted molar refractivity (Wildman–Crippen MR) is 330 cm³/mol. The fraction of sp³-hybridized carbons (Fsp3) is 0.814. The number of unbranched alkanes of at least 4 members (excludes halogenated alkanes) is 40. The van der Waals surface area contributed by atoms with E-state index >= 15 is 0 Å². The van der Waals surface area contributed by atoms with Gasteiger partial charge in [0.25, 0.3) is 0 Å². The van der Waals surface area contributed by atoms with Crippen molar-refractivity contribution in [3.63, 3.8) is 0 Å². The summed E-state index contributed by atoms with van der Waals surface area (Å²) < 4.78 is 16.9. The minimum Gasteiger partial charge on any atom is -0.462 e. The van der Waals surface area contributed by atoms with Crippen LogP contribution in [0.1, 0.15) is 348 Å². The third-order valence-corrected chi connectivity index (χ3v) is 14.8. The van der Waals surface area contributed by atoms with E-state index in [2.05, 4.69) is 81.5 Å². The summed E-state index contributed by atoms with van der Waals surface area (Å²) in [4.78, 5) is 38.3. The highest BCUT2D eigenvalue weighted by atomic mass is 16.6. The second-order valence-electron chi connectivity index (χ2n) is 22.4. The van der Waals surface area contributed by atoms with Gasteiger partial charge in [-0.15, -0.1) is 0 Å². The maximum Gasteiger partial charge on any atom is 0.306 e. The molecule has 0 aliphatic heterocycles. The molecule has 442 valence electrons. The molecule has 0 amide bonds. The lowest BCUT2D eigenvalue weighted by molar-refractivity contribution is -0.167. The highest BCUT2D eigenvalue weighted by Crippen LogP contribution is 2.18. The van der Waals surface area contributed by atoms with Gasteiger partial charge in [-0.25, -0.2) is 0 Å². The van der Waals surface area contributed by atoms with E-state index < -0.39 is 6.10 Å². The summed E-state index contributed by atoms with van der Waals surface area (Å²) in [7, 11) is 0. The Hall–Kier alpha value is -2.89. The Morgan fingerprint density at radius 1 is 0.276 bits per heavy atom. The Labute approximate surface area is 472 Å². The third kappa shape index (κ3) is 62.0. The number of hydrogen-bond acceptors (Lipinski definition) is 6. The Balaban J connectivity index is 4.27. The monoisotopic (exact) mass is 1060 g/mol. The van der Waals surface area contributed by atoms with Gasteiger partial charge < -0.3 is 14.2 Å². The Bertz CT molecular complexity index is 1360. The highest BCUT2D eigenvalue weighted by molar-refractivity contribution is 5.71. The van der Waals surface area contributed by atoms with Gasteiger partial charge in [0.1, 0.15) is 13.2 Å². The molecule has 76 heavy (non-hydrogen) atoms. The minimum atomic E-state index is -0.785. The molecule has 0 aliphatic carbocycles. The maximum atomic E-state index is 12.9. The van der Waals surface area contributed by atoms with E-state index in [0.717, 1.165) is 103 Å². The second kappa shape index (κ2) is 64.6. The van der Waals surface area contributed by atoms with E-state index in [1.807, 2.05) is 0 Å². The van der Waals surface area contributed by atoms with E-state index in [-0.39, 0.29) is 31.1 Å². The van der Waals surface area contributed by atoms with Gasteiger partial charge in [-0.3, -0.25) is 14.4 Å². The van der Waals surface area contributed by atoms with Gasteiger partial charge in [0.05, 0.1) is 0 Å². The van der Waals surface area contributed by atoms with Crippen LogP contribution < -0.4 is 0 Å².